The van der Waals surface area contributed by atoms with Gasteiger partial charge in [0.05, 0.1) is 5.56 Å². The number of piperazine rings is 1. The van der Waals surface area contributed by atoms with E-state index in [4.69, 9.17) is 5.11 Å². The minimum atomic E-state index is -1.07. The molecule has 0 aromatic carbocycles. The van der Waals surface area contributed by atoms with Crippen LogP contribution in [0.2, 0.25) is 0 Å². The summed E-state index contributed by atoms with van der Waals surface area (Å²) in [5, 5.41) is 13.5. The van der Waals surface area contributed by atoms with Gasteiger partial charge in [-0.25, -0.2) is 9.59 Å². The Morgan fingerprint density at radius 2 is 1.80 bits per heavy atom. The molecule has 1 aromatic heterocycles. The monoisotopic (exact) mass is 297 g/mol. The summed E-state index contributed by atoms with van der Waals surface area (Å²) >= 11 is 1.17. The zero-order valence-electron chi connectivity index (χ0n) is 11.0. The summed E-state index contributed by atoms with van der Waals surface area (Å²) in [5.41, 5.74) is 0.0886. The maximum atomic E-state index is 12.0. The third kappa shape index (κ3) is 3.08. The van der Waals surface area contributed by atoms with Gasteiger partial charge >= 0.3 is 12.0 Å². The Morgan fingerprint density at radius 1 is 1.20 bits per heavy atom. The van der Waals surface area contributed by atoms with E-state index in [0.29, 0.717) is 31.2 Å². The van der Waals surface area contributed by atoms with Crippen LogP contribution in [0.5, 0.6) is 0 Å². The number of nitrogens with one attached hydrogen (secondary N) is 1. The highest BCUT2D eigenvalue weighted by Gasteiger charge is 2.23. The van der Waals surface area contributed by atoms with Crippen molar-refractivity contribution in [3.05, 3.63) is 17.0 Å². The van der Waals surface area contributed by atoms with Gasteiger partial charge in [0, 0.05) is 33.1 Å². The van der Waals surface area contributed by atoms with Gasteiger partial charge in [-0.1, -0.05) is 0 Å². The van der Waals surface area contributed by atoms with Gasteiger partial charge in [0.25, 0.3) is 0 Å². The highest BCUT2D eigenvalue weighted by atomic mass is 32.1. The first-order valence-corrected chi connectivity index (χ1v) is 6.99. The van der Waals surface area contributed by atoms with Gasteiger partial charge in [0.15, 0.2) is 0 Å². The molecule has 20 heavy (non-hydrogen) atoms. The fourth-order valence-electron chi connectivity index (χ4n) is 1.98. The fourth-order valence-corrected chi connectivity index (χ4v) is 2.74. The molecule has 0 unspecified atom stereocenters. The van der Waals surface area contributed by atoms with Crippen molar-refractivity contribution in [2.45, 2.75) is 6.92 Å². The quantitative estimate of drug-likeness (QED) is 0.856. The maximum Gasteiger partial charge on any atom is 0.338 e. The van der Waals surface area contributed by atoms with E-state index in [1.54, 1.807) is 15.2 Å². The minimum absolute atomic E-state index is 0.00326. The van der Waals surface area contributed by atoms with Crippen molar-refractivity contribution in [1.82, 2.24) is 9.80 Å². The van der Waals surface area contributed by atoms with Crippen LogP contribution in [0.15, 0.2) is 11.4 Å². The van der Waals surface area contributed by atoms with Crippen molar-refractivity contribution in [1.29, 1.82) is 0 Å². The lowest BCUT2D eigenvalue weighted by molar-refractivity contribution is -0.130. The Balaban J connectivity index is 1.94. The number of rotatable bonds is 2. The lowest BCUT2D eigenvalue weighted by Crippen LogP contribution is -2.51. The summed E-state index contributed by atoms with van der Waals surface area (Å²) in [6.07, 6.45) is 0. The summed E-state index contributed by atoms with van der Waals surface area (Å²) < 4.78 is 0. The summed E-state index contributed by atoms with van der Waals surface area (Å²) in [4.78, 5) is 37.4. The number of nitrogens with zero attached hydrogens (tertiary/aromatic N) is 2. The van der Waals surface area contributed by atoms with Crippen LogP contribution in [0, 0.1) is 0 Å². The molecule has 1 saturated heterocycles. The Bertz CT molecular complexity index is 535. The van der Waals surface area contributed by atoms with Gasteiger partial charge < -0.3 is 14.9 Å². The highest BCUT2D eigenvalue weighted by Crippen LogP contribution is 2.23. The molecule has 0 bridgehead atoms. The molecule has 8 heteroatoms. The van der Waals surface area contributed by atoms with Crippen LogP contribution >= 0.6 is 11.3 Å². The predicted octanol–water partition coefficient (Wildman–Crippen LogP) is 1.14. The molecular weight excluding hydrogens is 282 g/mol. The van der Waals surface area contributed by atoms with Crippen LogP contribution in [0.3, 0.4) is 0 Å². The molecule has 2 rings (SSSR count). The summed E-state index contributed by atoms with van der Waals surface area (Å²) in [6.45, 7) is 3.39. The first-order valence-electron chi connectivity index (χ1n) is 6.11. The average Bonchev–Trinajstić information content (AvgIpc) is 2.87. The van der Waals surface area contributed by atoms with Crippen LogP contribution in [-0.4, -0.2) is 59.0 Å². The minimum Gasteiger partial charge on any atom is -0.478 e. The number of thiophene rings is 1. The lowest BCUT2D eigenvalue weighted by atomic mass is 10.3. The number of urea groups is 1. The molecule has 0 saturated carbocycles. The molecular formula is C12H15N3O4S. The second-order valence-electron chi connectivity index (χ2n) is 4.39. The standard InChI is InChI=1S/C12H15N3O4S/c1-8(16)14-3-5-15(6-4-14)12(19)13-10-9(11(17)18)2-7-20-10/h2,7H,3-6H2,1H3,(H,13,19)(H,17,18). The lowest BCUT2D eigenvalue weighted by Gasteiger charge is -2.34. The molecule has 1 aromatic rings. The van der Waals surface area contributed by atoms with E-state index in [9.17, 15) is 14.4 Å². The Kier molecular flexibility index (Phi) is 4.23. The molecule has 108 valence electrons. The van der Waals surface area contributed by atoms with E-state index < -0.39 is 5.97 Å². The van der Waals surface area contributed by atoms with Gasteiger partial charge in [-0.2, -0.15) is 0 Å². The second kappa shape index (κ2) is 5.91. The predicted molar refractivity (Wildman–Crippen MR) is 74.1 cm³/mol. The average molecular weight is 297 g/mol. The molecule has 2 N–H and O–H groups in total. The van der Waals surface area contributed by atoms with Gasteiger partial charge in [-0.15, -0.1) is 11.3 Å². The molecule has 0 spiro atoms. The van der Waals surface area contributed by atoms with E-state index in [1.807, 2.05) is 0 Å². The SMILES string of the molecule is CC(=O)N1CCN(C(=O)Nc2sccc2C(=O)O)CC1. The third-order valence-electron chi connectivity index (χ3n) is 3.13. The fraction of sp³-hybridized carbons (Fsp3) is 0.417. The zero-order chi connectivity index (χ0) is 14.7. The smallest absolute Gasteiger partial charge is 0.338 e. The third-order valence-corrected chi connectivity index (χ3v) is 3.96. The van der Waals surface area contributed by atoms with E-state index in [2.05, 4.69) is 5.32 Å². The molecule has 1 aliphatic rings. The number of hydrogen-bond acceptors (Lipinski definition) is 4. The van der Waals surface area contributed by atoms with Crippen LogP contribution in [0.25, 0.3) is 0 Å². The molecule has 0 aliphatic carbocycles. The number of carboxylic acid groups (broad SMARTS) is 1. The summed E-state index contributed by atoms with van der Waals surface area (Å²) in [7, 11) is 0. The van der Waals surface area contributed by atoms with Crippen molar-refractivity contribution < 1.29 is 19.5 Å². The molecule has 1 aliphatic heterocycles. The second-order valence-corrected chi connectivity index (χ2v) is 5.31. The molecule has 0 radical (unpaired) electrons. The van der Waals surface area contributed by atoms with Crippen LogP contribution in [0.1, 0.15) is 17.3 Å². The van der Waals surface area contributed by atoms with Crippen molar-refractivity contribution in [3.8, 4) is 0 Å². The number of carboxylic acids is 1. The largest absolute Gasteiger partial charge is 0.478 e. The van der Waals surface area contributed by atoms with E-state index >= 15 is 0 Å². The molecule has 2 heterocycles. The highest BCUT2D eigenvalue weighted by molar-refractivity contribution is 7.14. The van der Waals surface area contributed by atoms with Crippen LogP contribution in [-0.2, 0) is 4.79 Å². The van der Waals surface area contributed by atoms with Gasteiger partial charge in [-0.05, 0) is 11.4 Å². The first kappa shape index (κ1) is 14.3. The molecule has 0 atom stereocenters. The summed E-state index contributed by atoms with van der Waals surface area (Å²) in [5.74, 6) is -1.07. The summed E-state index contributed by atoms with van der Waals surface area (Å²) in [6, 6.07) is 1.12. The van der Waals surface area contributed by atoms with Gasteiger partial charge in [0.2, 0.25) is 5.91 Å². The first-order chi connectivity index (χ1) is 9.49. The number of carbonyl (C=O) groups excluding carboxylic acids is 2. The van der Waals surface area contributed by atoms with Crippen LogP contribution in [0.4, 0.5) is 9.80 Å². The van der Waals surface area contributed by atoms with Gasteiger partial charge in [-0.3, -0.25) is 10.1 Å². The number of carbonyl (C=O) groups is 3. The maximum absolute atomic E-state index is 12.0. The molecule has 7 nitrogen and oxygen atoms in total. The normalized spacial score (nSPS) is 15.1. The number of aromatic carboxylic acids is 1. The molecule has 3 amide bonds. The molecule has 1 fully saturated rings. The van der Waals surface area contributed by atoms with E-state index in [-0.39, 0.29) is 17.5 Å². The topological polar surface area (TPSA) is 90.0 Å². The Hall–Kier alpha value is -2.09. The van der Waals surface area contributed by atoms with Crippen molar-refractivity contribution in [2.24, 2.45) is 0 Å². The number of hydrogen-bond donors (Lipinski definition) is 2. The van der Waals surface area contributed by atoms with E-state index in [1.165, 1.54) is 24.3 Å². The van der Waals surface area contributed by atoms with Crippen molar-refractivity contribution >= 4 is 34.2 Å². The van der Waals surface area contributed by atoms with Crippen molar-refractivity contribution in [3.63, 3.8) is 0 Å². The van der Waals surface area contributed by atoms with Crippen LogP contribution < -0.4 is 5.32 Å². The zero-order valence-corrected chi connectivity index (χ0v) is 11.8. The number of anilines is 1. The number of amides is 3. The van der Waals surface area contributed by atoms with Gasteiger partial charge in [0.1, 0.15) is 5.00 Å². The Morgan fingerprint density at radius 3 is 2.35 bits per heavy atom. The van der Waals surface area contributed by atoms with Crippen molar-refractivity contribution in [2.75, 3.05) is 31.5 Å². The van der Waals surface area contributed by atoms with E-state index in [0.717, 1.165) is 0 Å². The Labute approximate surface area is 119 Å².